The Morgan fingerprint density at radius 1 is 1.11 bits per heavy atom. The number of benzene rings is 1. The number of imidazole rings is 1. The first-order chi connectivity index (χ1) is 17.0. The first kappa shape index (κ1) is 23.2. The minimum Gasteiger partial charge on any atom is -0.337 e. The number of aromatic nitrogens is 3. The lowest BCUT2D eigenvalue weighted by molar-refractivity contribution is -0.128. The van der Waals surface area contributed by atoms with E-state index in [1.54, 1.807) is 12.3 Å². The van der Waals surface area contributed by atoms with Crippen LogP contribution < -0.4 is 10.6 Å². The summed E-state index contributed by atoms with van der Waals surface area (Å²) in [5.74, 6) is 1.31. The van der Waals surface area contributed by atoms with E-state index in [-0.39, 0.29) is 23.5 Å². The average molecular weight is 474 g/mol. The number of carbonyl (C=O) groups is 3. The number of anilines is 2. The topological polar surface area (TPSA) is 117 Å². The average Bonchev–Trinajstić information content (AvgIpc) is 3.49. The van der Waals surface area contributed by atoms with Gasteiger partial charge >= 0.3 is 0 Å². The number of nitrogens with one attached hydrogen (secondary N) is 3. The second-order valence-corrected chi connectivity index (χ2v) is 9.88. The minimum absolute atomic E-state index is 0.105. The molecule has 0 bridgehead atoms. The van der Waals surface area contributed by atoms with Crippen molar-refractivity contribution in [3.8, 4) is 11.4 Å². The predicted octanol–water partition coefficient (Wildman–Crippen LogP) is 5.23. The Morgan fingerprint density at radius 2 is 1.89 bits per heavy atom. The Kier molecular flexibility index (Phi) is 6.36. The number of carbonyl (C=O) groups excluding carboxylic acids is 3. The van der Waals surface area contributed by atoms with E-state index in [9.17, 15) is 14.4 Å². The van der Waals surface area contributed by atoms with Gasteiger partial charge in [-0.15, -0.1) is 0 Å². The molecule has 2 fully saturated rings. The molecule has 8 nitrogen and oxygen atoms in total. The van der Waals surface area contributed by atoms with Crippen molar-refractivity contribution in [1.82, 2.24) is 15.0 Å². The molecule has 2 aromatic heterocycles. The summed E-state index contributed by atoms with van der Waals surface area (Å²) in [6, 6.07) is 9.37. The number of amides is 2. The SMILES string of the molecule is CCC1(C(=O)Nc2cc3nc(-c4ccc(NC(=O)C5CCCCC5)cc4)[nH]c3cn2)CCC(=O)C1. The summed E-state index contributed by atoms with van der Waals surface area (Å²) in [5, 5.41) is 5.93. The minimum atomic E-state index is -0.640. The number of pyridine rings is 1. The third-order valence-electron chi connectivity index (χ3n) is 7.59. The van der Waals surface area contributed by atoms with Crippen molar-refractivity contribution in [2.45, 2.75) is 64.7 Å². The third kappa shape index (κ3) is 4.83. The van der Waals surface area contributed by atoms with Crippen molar-refractivity contribution in [2.24, 2.45) is 11.3 Å². The van der Waals surface area contributed by atoms with E-state index in [0.29, 0.717) is 42.8 Å². The van der Waals surface area contributed by atoms with E-state index in [1.165, 1.54) is 6.42 Å². The van der Waals surface area contributed by atoms with Crippen LogP contribution in [-0.4, -0.2) is 32.5 Å². The molecule has 1 unspecified atom stereocenters. The molecule has 2 amide bonds. The molecule has 8 heteroatoms. The summed E-state index contributed by atoms with van der Waals surface area (Å²) in [6.07, 6.45) is 9.02. The quantitative estimate of drug-likeness (QED) is 0.453. The molecule has 3 N–H and O–H groups in total. The molecule has 0 saturated heterocycles. The molecule has 0 radical (unpaired) electrons. The first-order valence-corrected chi connectivity index (χ1v) is 12.6. The molecule has 5 rings (SSSR count). The maximum atomic E-state index is 12.9. The van der Waals surface area contributed by atoms with Crippen LogP contribution in [0.3, 0.4) is 0 Å². The zero-order valence-electron chi connectivity index (χ0n) is 20.0. The fraction of sp³-hybridized carbons (Fsp3) is 0.444. The van der Waals surface area contributed by atoms with Gasteiger partial charge in [0.1, 0.15) is 17.4 Å². The zero-order valence-corrected chi connectivity index (χ0v) is 20.0. The molecule has 2 aliphatic carbocycles. The van der Waals surface area contributed by atoms with Gasteiger partial charge in [-0.25, -0.2) is 9.97 Å². The Morgan fingerprint density at radius 3 is 2.57 bits per heavy atom. The van der Waals surface area contributed by atoms with Gasteiger partial charge in [-0.2, -0.15) is 0 Å². The van der Waals surface area contributed by atoms with Crippen molar-refractivity contribution in [1.29, 1.82) is 0 Å². The van der Waals surface area contributed by atoms with Gasteiger partial charge in [0.05, 0.1) is 22.6 Å². The van der Waals surface area contributed by atoms with E-state index in [2.05, 4.69) is 25.6 Å². The highest BCUT2D eigenvalue weighted by Crippen LogP contribution is 2.40. The molecule has 35 heavy (non-hydrogen) atoms. The summed E-state index contributed by atoms with van der Waals surface area (Å²) < 4.78 is 0. The summed E-state index contributed by atoms with van der Waals surface area (Å²) in [6.45, 7) is 1.95. The summed E-state index contributed by atoms with van der Waals surface area (Å²) in [5.41, 5.74) is 2.47. The van der Waals surface area contributed by atoms with Crippen LogP contribution in [0.4, 0.5) is 11.5 Å². The second kappa shape index (κ2) is 9.60. The fourth-order valence-corrected chi connectivity index (χ4v) is 5.27. The van der Waals surface area contributed by atoms with Crippen molar-refractivity contribution in [3.63, 3.8) is 0 Å². The van der Waals surface area contributed by atoms with Gasteiger partial charge in [-0.1, -0.05) is 26.2 Å². The number of fused-ring (bicyclic) bond motifs is 1. The lowest BCUT2D eigenvalue weighted by Gasteiger charge is -2.24. The lowest BCUT2D eigenvalue weighted by atomic mass is 9.82. The van der Waals surface area contributed by atoms with Crippen LogP contribution >= 0.6 is 0 Å². The van der Waals surface area contributed by atoms with Crippen LogP contribution in [0, 0.1) is 11.3 Å². The monoisotopic (exact) mass is 473 g/mol. The molecular formula is C27H31N5O3. The molecule has 2 saturated carbocycles. The van der Waals surface area contributed by atoms with Crippen LogP contribution in [0.2, 0.25) is 0 Å². The molecule has 0 spiro atoms. The highest BCUT2D eigenvalue weighted by atomic mass is 16.2. The van der Waals surface area contributed by atoms with E-state index in [0.717, 1.165) is 42.5 Å². The Bertz CT molecular complexity index is 1260. The van der Waals surface area contributed by atoms with Crippen LogP contribution in [-0.2, 0) is 14.4 Å². The van der Waals surface area contributed by atoms with E-state index in [1.807, 2.05) is 31.2 Å². The molecule has 3 aromatic rings. The smallest absolute Gasteiger partial charge is 0.232 e. The molecule has 2 heterocycles. The Hall–Kier alpha value is -3.55. The van der Waals surface area contributed by atoms with Crippen molar-refractivity contribution in [2.75, 3.05) is 10.6 Å². The number of nitrogens with zero attached hydrogens (tertiary/aromatic N) is 2. The Labute approximate surface area is 204 Å². The number of Topliss-reactive ketones (excluding diaryl/α,β-unsaturated/α-hetero) is 1. The summed E-state index contributed by atoms with van der Waals surface area (Å²) in [4.78, 5) is 49.5. The number of hydrogen-bond donors (Lipinski definition) is 3. The van der Waals surface area contributed by atoms with Gasteiger partial charge in [0.2, 0.25) is 11.8 Å². The molecule has 1 atom stereocenters. The lowest BCUT2D eigenvalue weighted by Crippen LogP contribution is -2.34. The van der Waals surface area contributed by atoms with Crippen LogP contribution in [0.15, 0.2) is 36.5 Å². The maximum absolute atomic E-state index is 12.9. The second-order valence-electron chi connectivity index (χ2n) is 9.88. The fourth-order valence-electron chi connectivity index (χ4n) is 5.27. The summed E-state index contributed by atoms with van der Waals surface area (Å²) >= 11 is 0. The largest absolute Gasteiger partial charge is 0.337 e. The first-order valence-electron chi connectivity index (χ1n) is 12.6. The number of rotatable bonds is 6. The van der Waals surface area contributed by atoms with Gasteiger partial charge in [0.25, 0.3) is 0 Å². The maximum Gasteiger partial charge on any atom is 0.232 e. The van der Waals surface area contributed by atoms with Crippen LogP contribution in [0.5, 0.6) is 0 Å². The third-order valence-corrected chi connectivity index (χ3v) is 7.59. The van der Waals surface area contributed by atoms with Gasteiger partial charge in [-0.05, 0) is 49.9 Å². The Balaban J connectivity index is 1.28. The van der Waals surface area contributed by atoms with Gasteiger partial charge < -0.3 is 15.6 Å². The number of hydrogen-bond acceptors (Lipinski definition) is 5. The highest BCUT2D eigenvalue weighted by Gasteiger charge is 2.43. The van der Waals surface area contributed by atoms with Crippen LogP contribution in [0.25, 0.3) is 22.4 Å². The van der Waals surface area contributed by atoms with E-state index in [4.69, 9.17) is 0 Å². The highest BCUT2D eigenvalue weighted by molar-refractivity contribution is 6.00. The van der Waals surface area contributed by atoms with Crippen LogP contribution in [0.1, 0.15) is 64.7 Å². The van der Waals surface area contributed by atoms with Crippen molar-refractivity contribution in [3.05, 3.63) is 36.5 Å². The summed E-state index contributed by atoms with van der Waals surface area (Å²) in [7, 11) is 0. The predicted molar refractivity (Wildman–Crippen MR) is 135 cm³/mol. The van der Waals surface area contributed by atoms with E-state index < -0.39 is 5.41 Å². The molecule has 1 aromatic carbocycles. The normalized spacial score (nSPS) is 20.8. The molecule has 182 valence electrons. The molecule has 0 aliphatic heterocycles. The van der Waals surface area contributed by atoms with Gasteiger partial charge in [0, 0.05) is 36.1 Å². The zero-order chi connectivity index (χ0) is 24.4. The van der Waals surface area contributed by atoms with E-state index >= 15 is 0 Å². The van der Waals surface area contributed by atoms with Crippen molar-refractivity contribution >= 4 is 40.1 Å². The molecule has 2 aliphatic rings. The number of H-pyrrole nitrogens is 1. The standard InChI is InChI=1S/C27H31N5O3/c1-2-27(13-12-20(33)15-27)26(35)32-23-14-21-22(16-28-23)31-24(30-21)17-8-10-19(11-9-17)29-25(34)18-6-4-3-5-7-18/h8-11,14,16,18H,2-7,12-13,15H2,1H3,(H,29,34)(H,30,31)(H,28,32,35). The molecular weight excluding hydrogens is 442 g/mol. The van der Waals surface area contributed by atoms with Gasteiger partial charge in [0.15, 0.2) is 0 Å². The van der Waals surface area contributed by atoms with Crippen molar-refractivity contribution < 1.29 is 14.4 Å². The van der Waals surface area contributed by atoms with Gasteiger partial charge in [-0.3, -0.25) is 14.4 Å². The number of ketones is 1. The number of aromatic amines is 1.